The maximum Gasteiger partial charge on any atom is 0.240 e. The van der Waals surface area contributed by atoms with Gasteiger partial charge in [-0.25, -0.2) is 0 Å². The lowest BCUT2D eigenvalue weighted by atomic mass is 9.91. The van der Waals surface area contributed by atoms with Crippen molar-refractivity contribution in [3.05, 3.63) is 0 Å². The second-order valence-electron chi connectivity index (χ2n) is 5.51. The number of halogens is 1. The molecular weight excluding hydrogens is 252 g/mol. The fourth-order valence-corrected chi connectivity index (χ4v) is 2.87. The first-order valence-corrected chi connectivity index (χ1v) is 6.75. The molecule has 0 aromatic heterocycles. The average molecular weight is 277 g/mol. The first-order valence-electron chi connectivity index (χ1n) is 6.75. The van der Waals surface area contributed by atoms with E-state index in [2.05, 4.69) is 13.8 Å². The SMILES string of the molecule is CC1CCN(C(=O)C(N)C2CCOCC2)C1C.Cl. The Hall–Kier alpha value is -0.320. The number of carbonyl (C=O) groups excluding carboxylic acids is 1. The van der Waals surface area contributed by atoms with Crippen molar-refractivity contribution >= 4 is 18.3 Å². The van der Waals surface area contributed by atoms with Crippen LogP contribution in [0.4, 0.5) is 0 Å². The predicted octanol–water partition coefficient (Wildman–Crippen LogP) is 1.42. The highest BCUT2D eigenvalue weighted by molar-refractivity contribution is 5.85. The first-order chi connectivity index (χ1) is 8.11. The molecule has 0 bridgehead atoms. The minimum atomic E-state index is -0.327. The smallest absolute Gasteiger partial charge is 0.240 e. The van der Waals surface area contributed by atoms with Gasteiger partial charge in [-0.1, -0.05) is 6.92 Å². The molecule has 3 unspecified atom stereocenters. The van der Waals surface area contributed by atoms with Crippen LogP contribution in [0.15, 0.2) is 0 Å². The molecule has 0 aromatic rings. The molecule has 5 heteroatoms. The van der Waals surface area contributed by atoms with Gasteiger partial charge in [-0.15, -0.1) is 12.4 Å². The molecular formula is C13H25ClN2O2. The van der Waals surface area contributed by atoms with Crippen molar-refractivity contribution in [3.63, 3.8) is 0 Å². The van der Waals surface area contributed by atoms with Gasteiger partial charge in [0.15, 0.2) is 0 Å². The zero-order valence-electron chi connectivity index (χ0n) is 11.3. The number of hydrogen-bond donors (Lipinski definition) is 1. The Morgan fingerprint density at radius 2 is 1.89 bits per heavy atom. The van der Waals surface area contributed by atoms with Crippen molar-refractivity contribution in [2.45, 2.75) is 45.2 Å². The van der Waals surface area contributed by atoms with E-state index >= 15 is 0 Å². The summed E-state index contributed by atoms with van der Waals surface area (Å²) in [6.07, 6.45) is 2.95. The van der Waals surface area contributed by atoms with Gasteiger partial charge in [-0.2, -0.15) is 0 Å². The number of rotatable bonds is 2. The van der Waals surface area contributed by atoms with Crippen LogP contribution in [-0.2, 0) is 9.53 Å². The van der Waals surface area contributed by atoms with Crippen LogP contribution >= 0.6 is 12.4 Å². The number of carbonyl (C=O) groups is 1. The van der Waals surface area contributed by atoms with Gasteiger partial charge in [-0.3, -0.25) is 4.79 Å². The number of nitrogens with zero attached hydrogens (tertiary/aromatic N) is 1. The number of hydrogen-bond acceptors (Lipinski definition) is 3. The van der Waals surface area contributed by atoms with Gasteiger partial charge in [0, 0.05) is 25.8 Å². The van der Waals surface area contributed by atoms with Crippen LogP contribution in [0.25, 0.3) is 0 Å². The summed E-state index contributed by atoms with van der Waals surface area (Å²) in [6.45, 7) is 6.71. The number of ether oxygens (including phenoxy) is 1. The van der Waals surface area contributed by atoms with Gasteiger partial charge in [-0.05, 0) is 38.0 Å². The summed E-state index contributed by atoms with van der Waals surface area (Å²) in [5.74, 6) is 1.05. The second-order valence-corrected chi connectivity index (χ2v) is 5.51. The standard InChI is InChI=1S/C13H24N2O2.ClH/c1-9-3-6-15(10(9)2)13(16)12(14)11-4-7-17-8-5-11;/h9-12H,3-8,14H2,1-2H3;1H. The zero-order valence-corrected chi connectivity index (χ0v) is 12.1. The molecule has 0 radical (unpaired) electrons. The Balaban J connectivity index is 0.00000162. The Morgan fingerprint density at radius 1 is 1.28 bits per heavy atom. The molecule has 2 N–H and O–H groups in total. The Morgan fingerprint density at radius 3 is 2.39 bits per heavy atom. The van der Waals surface area contributed by atoms with E-state index in [0.717, 1.165) is 39.0 Å². The average Bonchev–Trinajstić information content (AvgIpc) is 2.69. The van der Waals surface area contributed by atoms with E-state index in [4.69, 9.17) is 10.5 Å². The third kappa shape index (κ3) is 3.16. The van der Waals surface area contributed by atoms with Crippen LogP contribution in [0.1, 0.15) is 33.1 Å². The maximum atomic E-state index is 12.4. The van der Waals surface area contributed by atoms with Crippen LogP contribution in [0, 0.1) is 11.8 Å². The Bertz CT molecular complexity index is 282. The quantitative estimate of drug-likeness (QED) is 0.830. The summed E-state index contributed by atoms with van der Waals surface area (Å²) in [5, 5.41) is 0. The number of likely N-dealkylation sites (tertiary alicyclic amines) is 1. The summed E-state index contributed by atoms with van der Waals surface area (Å²) >= 11 is 0. The predicted molar refractivity (Wildman–Crippen MR) is 73.7 cm³/mol. The summed E-state index contributed by atoms with van der Waals surface area (Å²) in [5.41, 5.74) is 6.13. The van der Waals surface area contributed by atoms with Crippen molar-refractivity contribution in [2.75, 3.05) is 19.8 Å². The fraction of sp³-hybridized carbons (Fsp3) is 0.923. The summed E-state index contributed by atoms with van der Waals surface area (Å²) in [7, 11) is 0. The van der Waals surface area contributed by atoms with Crippen molar-refractivity contribution in [2.24, 2.45) is 17.6 Å². The van der Waals surface area contributed by atoms with Gasteiger partial charge in [0.25, 0.3) is 0 Å². The minimum Gasteiger partial charge on any atom is -0.381 e. The summed E-state index contributed by atoms with van der Waals surface area (Å²) in [4.78, 5) is 14.3. The molecule has 2 rings (SSSR count). The first kappa shape index (κ1) is 15.7. The largest absolute Gasteiger partial charge is 0.381 e. The summed E-state index contributed by atoms with van der Waals surface area (Å²) in [6, 6.07) is 0.0139. The lowest BCUT2D eigenvalue weighted by Gasteiger charge is -2.32. The van der Waals surface area contributed by atoms with E-state index in [1.807, 2.05) is 4.90 Å². The monoisotopic (exact) mass is 276 g/mol. The van der Waals surface area contributed by atoms with Crippen LogP contribution in [0.2, 0.25) is 0 Å². The van der Waals surface area contributed by atoms with Crippen LogP contribution in [-0.4, -0.2) is 42.6 Å². The van der Waals surface area contributed by atoms with Gasteiger partial charge in [0.1, 0.15) is 0 Å². The second kappa shape index (κ2) is 6.73. The minimum absolute atomic E-state index is 0. The van der Waals surface area contributed by atoms with Gasteiger partial charge < -0.3 is 15.4 Å². The van der Waals surface area contributed by atoms with E-state index in [9.17, 15) is 4.79 Å². The topological polar surface area (TPSA) is 55.6 Å². The Labute approximate surface area is 116 Å². The third-order valence-electron chi connectivity index (χ3n) is 4.48. The lowest BCUT2D eigenvalue weighted by Crippen LogP contribution is -2.50. The van der Waals surface area contributed by atoms with Crippen LogP contribution < -0.4 is 5.73 Å². The molecule has 0 aromatic carbocycles. The van der Waals surface area contributed by atoms with Gasteiger partial charge >= 0.3 is 0 Å². The molecule has 0 saturated carbocycles. The zero-order chi connectivity index (χ0) is 12.4. The molecule has 2 fully saturated rings. The molecule has 1 amide bonds. The molecule has 18 heavy (non-hydrogen) atoms. The molecule has 0 aliphatic carbocycles. The summed E-state index contributed by atoms with van der Waals surface area (Å²) < 4.78 is 5.31. The molecule has 0 spiro atoms. The molecule has 2 aliphatic heterocycles. The molecule has 106 valence electrons. The van der Waals surface area contributed by atoms with Crippen molar-refractivity contribution in [1.82, 2.24) is 4.90 Å². The highest BCUT2D eigenvalue weighted by Crippen LogP contribution is 2.26. The molecule has 2 aliphatic rings. The Kier molecular flexibility index (Phi) is 5.89. The van der Waals surface area contributed by atoms with Crippen molar-refractivity contribution in [1.29, 1.82) is 0 Å². The van der Waals surface area contributed by atoms with E-state index in [1.165, 1.54) is 0 Å². The van der Waals surface area contributed by atoms with Crippen LogP contribution in [0.3, 0.4) is 0 Å². The van der Waals surface area contributed by atoms with E-state index < -0.39 is 0 Å². The van der Waals surface area contributed by atoms with Gasteiger partial charge in [0.05, 0.1) is 6.04 Å². The van der Waals surface area contributed by atoms with E-state index in [1.54, 1.807) is 0 Å². The fourth-order valence-electron chi connectivity index (χ4n) is 2.87. The van der Waals surface area contributed by atoms with Crippen LogP contribution in [0.5, 0.6) is 0 Å². The number of amides is 1. The third-order valence-corrected chi connectivity index (χ3v) is 4.48. The highest BCUT2D eigenvalue weighted by atomic mass is 35.5. The van der Waals surface area contributed by atoms with E-state index in [-0.39, 0.29) is 24.4 Å². The molecule has 3 atom stereocenters. The highest BCUT2D eigenvalue weighted by Gasteiger charge is 2.36. The number of nitrogens with two attached hydrogens (primary N) is 1. The van der Waals surface area contributed by atoms with Gasteiger partial charge in [0.2, 0.25) is 5.91 Å². The molecule has 2 saturated heterocycles. The lowest BCUT2D eigenvalue weighted by molar-refractivity contribution is -0.135. The maximum absolute atomic E-state index is 12.4. The van der Waals surface area contributed by atoms with E-state index in [0.29, 0.717) is 17.9 Å². The molecule has 4 nitrogen and oxygen atoms in total. The van der Waals surface area contributed by atoms with Crippen molar-refractivity contribution < 1.29 is 9.53 Å². The normalized spacial score (nSPS) is 30.9. The molecule has 2 heterocycles. The van der Waals surface area contributed by atoms with Crippen molar-refractivity contribution in [3.8, 4) is 0 Å².